The van der Waals surface area contributed by atoms with Gasteiger partial charge in [0, 0.05) is 13.1 Å². The van der Waals surface area contributed by atoms with Crippen molar-refractivity contribution in [3.63, 3.8) is 0 Å². The standard InChI is InChI=1S/C13H17Cl2N3O.ClH/c14-10-3-1-4-11(15)13(10)17-12(19)9-18-7-2-5-16-6-8-18;/h1,3-4,16H,2,5-9H2,(H,17,19);1H. The van der Waals surface area contributed by atoms with Crippen molar-refractivity contribution in [1.82, 2.24) is 10.2 Å². The molecular weight excluding hydrogens is 321 g/mol. The van der Waals surface area contributed by atoms with Crippen molar-refractivity contribution in [1.29, 1.82) is 0 Å². The smallest absolute Gasteiger partial charge is 0.238 e. The van der Waals surface area contributed by atoms with Crippen LogP contribution >= 0.6 is 35.6 Å². The van der Waals surface area contributed by atoms with Gasteiger partial charge >= 0.3 is 0 Å². The van der Waals surface area contributed by atoms with E-state index in [2.05, 4.69) is 15.5 Å². The molecule has 0 saturated carbocycles. The van der Waals surface area contributed by atoms with E-state index in [1.54, 1.807) is 18.2 Å². The second kappa shape index (κ2) is 8.70. The van der Waals surface area contributed by atoms with E-state index >= 15 is 0 Å². The third-order valence-corrected chi connectivity index (χ3v) is 3.66. The first-order valence-electron chi connectivity index (χ1n) is 6.34. The highest BCUT2D eigenvalue weighted by atomic mass is 35.5. The van der Waals surface area contributed by atoms with Gasteiger partial charge in [-0.25, -0.2) is 0 Å². The number of para-hydroxylation sites is 1. The first-order chi connectivity index (χ1) is 9.16. The molecule has 0 aromatic heterocycles. The summed E-state index contributed by atoms with van der Waals surface area (Å²) in [4.78, 5) is 14.1. The molecule has 20 heavy (non-hydrogen) atoms. The molecule has 1 aliphatic rings. The zero-order valence-corrected chi connectivity index (χ0v) is 13.3. The maximum absolute atomic E-state index is 12.0. The van der Waals surface area contributed by atoms with Crippen LogP contribution in [0.5, 0.6) is 0 Å². The molecule has 1 fully saturated rings. The number of anilines is 1. The number of carbonyl (C=O) groups is 1. The molecule has 0 spiro atoms. The van der Waals surface area contributed by atoms with Crippen LogP contribution in [-0.4, -0.2) is 43.5 Å². The van der Waals surface area contributed by atoms with Gasteiger partial charge in [0.05, 0.1) is 22.3 Å². The van der Waals surface area contributed by atoms with Gasteiger partial charge < -0.3 is 10.6 Å². The van der Waals surface area contributed by atoms with Gasteiger partial charge in [0.25, 0.3) is 0 Å². The Labute approximate surface area is 135 Å². The van der Waals surface area contributed by atoms with Crippen LogP contribution in [0.3, 0.4) is 0 Å². The highest BCUT2D eigenvalue weighted by molar-refractivity contribution is 6.39. The van der Waals surface area contributed by atoms with E-state index in [0.717, 1.165) is 32.6 Å². The number of amides is 1. The first kappa shape index (κ1) is 17.5. The van der Waals surface area contributed by atoms with Gasteiger partial charge in [-0.3, -0.25) is 9.69 Å². The minimum Gasteiger partial charge on any atom is -0.322 e. The molecule has 1 aliphatic heterocycles. The molecule has 1 aromatic rings. The quantitative estimate of drug-likeness (QED) is 0.890. The summed E-state index contributed by atoms with van der Waals surface area (Å²) in [5.41, 5.74) is 0.490. The van der Waals surface area contributed by atoms with E-state index in [1.807, 2.05) is 0 Å². The molecule has 0 unspecified atom stereocenters. The molecule has 4 nitrogen and oxygen atoms in total. The van der Waals surface area contributed by atoms with Crippen LogP contribution in [-0.2, 0) is 4.79 Å². The lowest BCUT2D eigenvalue weighted by Crippen LogP contribution is -2.35. The van der Waals surface area contributed by atoms with Gasteiger partial charge in [0.1, 0.15) is 0 Å². The van der Waals surface area contributed by atoms with E-state index in [9.17, 15) is 4.79 Å². The van der Waals surface area contributed by atoms with Crippen LogP contribution < -0.4 is 10.6 Å². The molecule has 0 radical (unpaired) electrons. The molecule has 1 amide bonds. The van der Waals surface area contributed by atoms with Crippen LogP contribution in [0.4, 0.5) is 5.69 Å². The van der Waals surface area contributed by atoms with E-state index < -0.39 is 0 Å². The Bertz CT molecular complexity index is 428. The summed E-state index contributed by atoms with van der Waals surface area (Å²) in [5, 5.41) is 7.00. The SMILES string of the molecule is Cl.O=C(CN1CCCNCC1)Nc1c(Cl)cccc1Cl. The van der Waals surface area contributed by atoms with Crippen LogP contribution in [0, 0.1) is 0 Å². The van der Waals surface area contributed by atoms with Gasteiger partial charge in [-0.2, -0.15) is 0 Å². The molecule has 2 rings (SSSR count). The number of rotatable bonds is 3. The topological polar surface area (TPSA) is 44.4 Å². The van der Waals surface area contributed by atoms with Crippen molar-refractivity contribution in [3.05, 3.63) is 28.2 Å². The van der Waals surface area contributed by atoms with Crippen molar-refractivity contribution in [3.8, 4) is 0 Å². The van der Waals surface area contributed by atoms with Gasteiger partial charge in [-0.05, 0) is 31.6 Å². The zero-order valence-electron chi connectivity index (χ0n) is 11.0. The summed E-state index contributed by atoms with van der Waals surface area (Å²) < 4.78 is 0. The maximum atomic E-state index is 12.0. The number of hydrogen-bond donors (Lipinski definition) is 2. The fourth-order valence-electron chi connectivity index (χ4n) is 2.06. The number of benzene rings is 1. The van der Waals surface area contributed by atoms with E-state index in [0.29, 0.717) is 22.3 Å². The van der Waals surface area contributed by atoms with Gasteiger partial charge in [-0.15, -0.1) is 12.4 Å². The largest absolute Gasteiger partial charge is 0.322 e. The van der Waals surface area contributed by atoms with Crippen molar-refractivity contribution < 1.29 is 4.79 Å². The Morgan fingerprint density at radius 1 is 1.25 bits per heavy atom. The number of nitrogens with zero attached hydrogens (tertiary/aromatic N) is 1. The fraction of sp³-hybridized carbons (Fsp3) is 0.462. The normalized spacial score (nSPS) is 16.1. The van der Waals surface area contributed by atoms with Crippen LogP contribution in [0.15, 0.2) is 18.2 Å². The maximum Gasteiger partial charge on any atom is 0.238 e. The summed E-state index contributed by atoms with van der Waals surface area (Å²) in [6.07, 6.45) is 1.06. The Hall–Kier alpha value is -0.520. The number of carbonyl (C=O) groups excluding carboxylic acids is 1. The summed E-state index contributed by atoms with van der Waals surface area (Å²) >= 11 is 12.0. The molecule has 0 aliphatic carbocycles. The minimum absolute atomic E-state index is 0. The Morgan fingerprint density at radius 3 is 2.65 bits per heavy atom. The second-order valence-electron chi connectivity index (χ2n) is 4.52. The average molecular weight is 339 g/mol. The fourth-order valence-corrected chi connectivity index (χ4v) is 2.55. The van der Waals surface area contributed by atoms with Crippen molar-refractivity contribution >= 4 is 47.2 Å². The van der Waals surface area contributed by atoms with E-state index in [4.69, 9.17) is 23.2 Å². The lowest BCUT2D eigenvalue weighted by molar-refractivity contribution is -0.117. The molecule has 1 aromatic carbocycles. The third kappa shape index (κ3) is 5.11. The molecule has 1 saturated heterocycles. The van der Waals surface area contributed by atoms with Crippen molar-refractivity contribution in [2.45, 2.75) is 6.42 Å². The zero-order chi connectivity index (χ0) is 13.7. The minimum atomic E-state index is -0.0862. The first-order valence-corrected chi connectivity index (χ1v) is 7.09. The summed E-state index contributed by atoms with van der Waals surface area (Å²) in [5.74, 6) is -0.0862. The van der Waals surface area contributed by atoms with Crippen LogP contribution in [0.1, 0.15) is 6.42 Å². The summed E-state index contributed by atoms with van der Waals surface area (Å²) in [6, 6.07) is 5.17. The summed E-state index contributed by atoms with van der Waals surface area (Å²) in [7, 11) is 0. The lowest BCUT2D eigenvalue weighted by Gasteiger charge is -2.19. The monoisotopic (exact) mass is 337 g/mol. The van der Waals surface area contributed by atoms with E-state index in [1.165, 1.54) is 0 Å². The highest BCUT2D eigenvalue weighted by Gasteiger charge is 2.14. The van der Waals surface area contributed by atoms with Gasteiger partial charge in [-0.1, -0.05) is 29.3 Å². The number of nitrogens with one attached hydrogen (secondary N) is 2. The van der Waals surface area contributed by atoms with Crippen LogP contribution in [0.2, 0.25) is 10.0 Å². The molecule has 0 bridgehead atoms. The number of halogens is 3. The van der Waals surface area contributed by atoms with Gasteiger partial charge in [0.2, 0.25) is 5.91 Å². The predicted octanol–water partition coefficient (Wildman–Crippen LogP) is 2.65. The van der Waals surface area contributed by atoms with E-state index in [-0.39, 0.29) is 18.3 Å². The molecule has 1 heterocycles. The van der Waals surface area contributed by atoms with Gasteiger partial charge in [0.15, 0.2) is 0 Å². The summed E-state index contributed by atoms with van der Waals surface area (Å²) in [6.45, 7) is 4.10. The Balaban J connectivity index is 0.00000200. The molecule has 2 N–H and O–H groups in total. The number of hydrogen-bond acceptors (Lipinski definition) is 3. The Morgan fingerprint density at radius 2 is 1.95 bits per heavy atom. The lowest BCUT2D eigenvalue weighted by atomic mass is 10.3. The molecule has 112 valence electrons. The van der Waals surface area contributed by atoms with Crippen molar-refractivity contribution in [2.24, 2.45) is 0 Å². The molecular formula is C13H18Cl3N3O. The average Bonchev–Trinajstić information content (AvgIpc) is 2.63. The van der Waals surface area contributed by atoms with Crippen LogP contribution in [0.25, 0.3) is 0 Å². The third-order valence-electron chi connectivity index (χ3n) is 3.03. The second-order valence-corrected chi connectivity index (χ2v) is 5.34. The predicted molar refractivity (Wildman–Crippen MR) is 86.3 cm³/mol. The molecule has 0 atom stereocenters. The molecule has 7 heteroatoms. The van der Waals surface area contributed by atoms with Crippen molar-refractivity contribution in [2.75, 3.05) is 38.0 Å². The highest BCUT2D eigenvalue weighted by Crippen LogP contribution is 2.29. The Kier molecular flexibility index (Phi) is 7.62.